The smallest absolute Gasteiger partial charge is 0.335 e. The summed E-state index contributed by atoms with van der Waals surface area (Å²) in [6.07, 6.45) is 4.03. The third-order valence-electron chi connectivity index (χ3n) is 8.07. The molecule has 0 radical (unpaired) electrons. The maximum Gasteiger partial charge on any atom is 0.335 e. The van der Waals surface area contributed by atoms with Gasteiger partial charge in [-0.2, -0.15) is 4.98 Å². The summed E-state index contributed by atoms with van der Waals surface area (Å²) in [5, 5.41) is 9.55. The largest absolute Gasteiger partial charge is 0.483 e. The van der Waals surface area contributed by atoms with Crippen LogP contribution in [-0.2, 0) is 24.4 Å². The van der Waals surface area contributed by atoms with Crippen LogP contribution < -0.4 is 9.47 Å². The monoisotopic (exact) mass is 593 g/mol. The SMILES string of the molecule is C[C@H]1C[C@@H](Oc2ccnc(COc3ccc(F)cc3F)n2)CCN1Cc1nc2ccc(C(=O)O)cc2n1C[C@H]1CCOC1. The Balaban J connectivity index is 1.10. The van der Waals surface area contributed by atoms with Crippen molar-refractivity contribution in [3.05, 3.63) is 77.5 Å². The number of carbonyl (C=O) groups is 1. The number of carboxylic acid groups (broad SMARTS) is 1. The molecule has 12 heteroatoms. The Kier molecular flexibility index (Phi) is 8.48. The zero-order valence-corrected chi connectivity index (χ0v) is 23.8. The van der Waals surface area contributed by atoms with Crippen LogP contribution in [0.1, 0.15) is 48.2 Å². The molecule has 2 saturated heterocycles. The Hall–Kier alpha value is -4.16. The van der Waals surface area contributed by atoms with E-state index < -0.39 is 17.6 Å². The fourth-order valence-electron chi connectivity index (χ4n) is 5.74. The second-order valence-electron chi connectivity index (χ2n) is 11.1. The van der Waals surface area contributed by atoms with Crippen molar-refractivity contribution < 1.29 is 32.9 Å². The Morgan fingerprint density at radius 2 is 2.02 bits per heavy atom. The summed E-state index contributed by atoms with van der Waals surface area (Å²) < 4.78 is 46.4. The normalized spacial score (nSPS) is 20.9. The number of fused-ring (bicyclic) bond motifs is 1. The summed E-state index contributed by atoms with van der Waals surface area (Å²) in [4.78, 5) is 27.5. The van der Waals surface area contributed by atoms with Crippen LogP contribution in [0.2, 0.25) is 0 Å². The van der Waals surface area contributed by atoms with Gasteiger partial charge in [0, 0.05) is 50.0 Å². The van der Waals surface area contributed by atoms with Crippen molar-refractivity contribution in [1.82, 2.24) is 24.4 Å². The van der Waals surface area contributed by atoms with Crippen molar-refractivity contribution in [2.24, 2.45) is 5.92 Å². The van der Waals surface area contributed by atoms with Gasteiger partial charge in [0.25, 0.3) is 0 Å². The lowest BCUT2D eigenvalue weighted by molar-refractivity contribution is 0.0534. The van der Waals surface area contributed by atoms with E-state index in [0.29, 0.717) is 30.8 Å². The Bertz CT molecular complexity index is 1610. The van der Waals surface area contributed by atoms with Gasteiger partial charge < -0.3 is 23.9 Å². The predicted molar refractivity (Wildman–Crippen MR) is 152 cm³/mol. The number of aromatic nitrogens is 4. The second-order valence-corrected chi connectivity index (χ2v) is 11.1. The minimum Gasteiger partial charge on any atom is -0.483 e. The average Bonchev–Trinajstić information content (AvgIpc) is 3.62. The molecule has 0 saturated carbocycles. The number of hydrogen-bond acceptors (Lipinski definition) is 8. The summed E-state index contributed by atoms with van der Waals surface area (Å²) in [7, 11) is 0. The quantitative estimate of drug-likeness (QED) is 0.276. The van der Waals surface area contributed by atoms with Crippen molar-refractivity contribution in [3.8, 4) is 11.6 Å². The number of rotatable bonds is 10. The molecule has 4 aromatic rings. The van der Waals surface area contributed by atoms with Gasteiger partial charge in [-0.25, -0.2) is 23.5 Å². The van der Waals surface area contributed by atoms with Gasteiger partial charge >= 0.3 is 5.97 Å². The van der Waals surface area contributed by atoms with Crippen LogP contribution in [0.4, 0.5) is 8.78 Å². The van der Waals surface area contributed by atoms with Gasteiger partial charge in [0.05, 0.1) is 29.7 Å². The molecule has 0 spiro atoms. The first-order valence-electron chi connectivity index (χ1n) is 14.4. The Morgan fingerprint density at radius 1 is 1.14 bits per heavy atom. The summed E-state index contributed by atoms with van der Waals surface area (Å²) in [6.45, 7) is 5.65. The number of benzene rings is 2. The standard InChI is InChI=1S/C31H33F2N5O5/c1-19-12-23(43-30-6-9-34-28(36-30)18-42-27-5-3-22(32)14-24(27)33)7-10-37(19)16-29-35-25-4-2-21(31(39)40)13-26(25)38(29)15-20-8-11-41-17-20/h2-6,9,13-14,19-20,23H,7-8,10-12,15-18H2,1H3,(H,39,40)/t19-,20+,23-/m0/s1. The molecule has 2 aromatic heterocycles. The number of nitrogens with zero attached hydrogens (tertiary/aromatic N) is 5. The molecule has 43 heavy (non-hydrogen) atoms. The van der Waals surface area contributed by atoms with E-state index in [1.54, 1.807) is 30.5 Å². The third-order valence-corrected chi connectivity index (χ3v) is 8.07. The Labute approximate surface area is 247 Å². The van der Waals surface area contributed by atoms with Gasteiger partial charge in [-0.05, 0) is 56.5 Å². The van der Waals surface area contributed by atoms with Gasteiger partial charge in [0.15, 0.2) is 17.4 Å². The lowest BCUT2D eigenvalue weighted by atomic mass is 10.0. The number of carboxylic acids is 1. The number of aromatic carboxylic acids is 1. The third kappa shape index (κ3) is 6.75. The highest BCUT2D eigenvalue weighted by Gasteiger charge is 2.29. The number of likely N-dealkylation sites (tertiary alicyclic amines) is 1. The van der Waals surface area contributed by atoms with Gasteiger partial charge in [0.2, 0.25) is 5.88 Å². The van der Waals surface area contributed by atoms with E-state index in [9.17, 15) is 18.7 Å². The average molecular weight is 594 g/mol. The molecule has 6 rings (SSSR count). The van der Waals surface area contributed by atoms with Gasteiger partial charge in [-0.1, -0.05) is 0 Å². The van der Waals surface area contributed by atoms with Crippen LogP contribution >= 0.6 is 0 Å². The first kappa shape index (κ1) is 28.9. The Morgan fingerprint density at radius 3 is 2.79 bits per heavy atom. The number of ether oxygens (including phenoxy) is 3. The molecule has 2 aliphatic heterocycles. The summed E-state index contributed by atoms with van der Waals surface area (Å²) in [5.41, 5.74) is 1.87. The van der Waals surface area contributed by atoms with Crippen LogP contribution in [0.15, 0.2) is 48.7 Å². The molecule has 4 heterocycles. The van der Waals surface area contributed by atoms with Crippen molar-refractivity contribution in [2.45, 2.75) is 58.0 Å². The maximum atomic E-state index is 13.9. The predicted octanol–water partition coefficient (Wildman–Crippen LogP) is 4.85. The lowest BCUT2D eigenvalue weighted by Gasteiger charge is -2.37. The van der Waals surface area contributed by atoms with E-state index in [1.165, 1.54) is 6.07 Å². The highest BCUT2D eigenvalue weighted by atomic mass is 19.1. The molecule has 0 aliphatic carbocycles. The molecular formula is C31H33F2N5O5. The van der Waals surface area contributed by atoms with Crippen molar-refractivity contribution in [1.29, 1.82) is 0 Å². The van der Waals surface area contributed by atoms with Crippen LogP contribution in [0, 0.1) is 17.6 Å². The van der Waals surface area contributed by atoms with Crippen molar-refractivity contribution >= 4 is 17.0 Å². The molecule has 0 bridgehead atoms. The van der Waals surface area contributed by atoms with Gasteiger partial charge in [0.1, 0.15) is 24.4 Å². The van der Waals surface area contributed by atoms with E-state index in [0.717, 1.165) is 67.9 Å². The number of imidazole rings is 1. The lowest BCUT2D eigenvalue weighted by Crippen LogP contribution is -2.44. The number of piperidine rings is 1. The minimum atomic E-state index is -0.957. The zero-order chi connectivity index (χ0) is 29.9. The first-order chi connectivity index (χ1) is 20.8. The summed E-state index contributed by atoms with van der Waals surface area (Å²) >= 11 is 0. The van der Waals surface area contributed by atoms with Crippen LogP contribution in [-0.4, -0.2) is 67.4 Å². The maximum absolute atomic E-state index is 13.9. The molecular weight excluding hydrogens is 560 g/mol. The van der Waals surface area contributed by atoms with Gasteiger partial charge in [-0.15, -0.1) is 0 Å². The van der Waals surface area contributed by atoms with E-state index in [4.69, 9.17) is 19.2 Å². The topological polar surface area (TPSA) is 112 Å². The zero-order valence-electron chi connectivity index (χ0n) is 23.8. The van der Waals surface area contributed by atoms with Crippen LogP contribution in [0.5, 0.6) is 11.6 Å². The van der Waals surface area contributed by atoms with E-state index in [2.05, 4.69) is 26.4 Å². The molecule has 1 N–H and O–H groups in total. The molecule has 2 fully saturated rings. The minimum absolute atomic E-state index is 0.0583. The van der Waals surface area contributed by atoms with Crippen molar-refractivity contribution in [3.63, 3.8) is 0 Å². The van der Waals surface area contributed by atoms with E-state index in [1.807, 2.05) is 0 Å². The number of halogens is 2. The molecule has 10 nitrogen and oxygen atoms in total. The highest BCUT2D eigenvalue weighted by Crippen LogP contribution is 2.27. The summed E-state index contributed by atoms with van der Waals surface area (Å²) in [6, 6.07) is 10.1. The van der Waals surface area contributed by atoms with E-state index in [-0.39, 0.29) is 30.1 Å². The highest BCUT2D eigenvalue weighted by molar-refractivity contribution is 5.92. The fourth-order valence-corrected chi connectivity index (χ4v) is 5.74. The number of hydrogen-bond donors (Lipinski definition) is 1. The molecule has 0 unspecified atom stereocenters. The fraction of sp³-hybridized carbons (Fsp3) is 0.419. The van der Waals surface area contributed by atoms with Crippen LogP contribution in [0.25, 0.3) is 11.0 Å². The molecule has 2 aromatic carbocycles. The van der Waals surface area contributed by atoms with Gasteiger partial charge in [-0.3, -0.25) is 4.90 Å². The molecule has 226 valence electrons. The molecule has 2 aliphatic rings. The molecule has 0 amide bonds. The first-order valence-corrected chi connectivity index (χ1v) is 14.4. The van der Waals surface area contributed by atoms with E-state index >= 15 is 0 Å². The molecule has 3 atom stereocenters. The summed E-state index contributed by atoms with van der Waals surface area (Å²) in [5.74, 6) is -0.498. The second kappa shape index (κ2) is 12.6. The van der Waals surface area contributed by atoms with Crippen molar-refractivity contribution in [2.75, 3.05) is 19.8 Å². The van der Waals surface area contributed by atoms with Crippen LogP contribution in [0.3, 0.4) is 0 Å².